The molecule has 2 N–H and O–H groups in total. The van der Waals surface area contributed by atoms with Crippen LogP contribution < -0.4 is 5.73 Å². The molecule has 0 aliphatic carbocycles. The van der Waals surface area contributed by atoms with E-state index in [-0.39, 0.29) is 5.91 Å². The molecule has 2 heterocycles. The lowest BCUT2D eigenvalue weighted by molar-refractivity contribution is 0.0663. The number of amides is 1. The fourth-order valence-electron chi connectivity index (χ4n) is 2.39. The zero-order valence-electron chi connectivity index (χ0n) is 10.3. The van der Waals surface area contributed by atoms with E-state index in [2.05, 4.69) is 4.98 Å². The van der Waals surface area contributed by atoms with Gasteiger partial charge in [0, 0.05) is 13.1 Å². The van der Waals surface area contributed by atoms with Gasteiger partial charge >= 0.3 is 0 Å². The van der Waals surface area contributed by atoms with Crippen LogP contribution in [0.5, 0.6) is 0 Å². The van der Waals surface area contributed by atoms with Gasteiger partial charge in [0.2, 0.25) is 0 Å². The molecule has 1 atom stereocenters. The van der Waals surface area contributed by atoms with Crippen LogP contribution in [-0.4, -0.2) is 35.4 Å². The van der Waals surface area contributed by atoms with E-state index in [9.17, 15) is 9.18 Å². The molecule has 1 saturated heterocycles. The Kier molecular flexibility index (Phi) is 4.25. The summed E-state index contributed by atoms with van der Waals surface area (Å²) < 4.78 is 12.8. The van der Waals surface area contributed by atoms with Crippen molar-refractivity contribution >= 4 is 5.91 Å². The Morgan fingerprint density at radius 3 is 3.06 bits per heavy atom. The number of carbonyl (C=O) groups is 1. The van der Waals surface area contributed by atoms with Gasteiger partial charge in [0.1, 0.15) is 11.5 Å². The van der Waals surface area contributed by atoms with Crippen LogP contribution in [0.1, 0.15) is 29.8 Å². The third-order valence-corrected chi connectivity index (χ3v) is 3.33. The van der Waals surface area contributed by atoms with E-state index in [4.69, 9.17) is 5.73 Å². The molecule has 0 radical (unpaired) electrons. The molecule has 1 amide bonds. The molecule has 1 aliphatic rings. The summed E-state index contributed by atoms with van der Waals surface area (Å²) in [5.74, 6) is -0.0592. The van der Waals surface area contributed by atoms with Crippen molar-refractivity contribution in [3.63, 3.8) is 0 Å². The number of rotatable bonds is 3. The largest absolute Gasteiger partial charge is 0.337 e. The quantitative estimate of drug-likeness (QED) is 0.884. The Morgan fingerprint density at radius 1 is 1.56 bits per heavy atom. The minimum absolute atomic E-state index is 0.114. The summed E-state index contributed by atoms with van der Waals surface area (Å²) in [5.41, 5.74) is 5.86. The van der Waals surface area contributed by atoms with Crippen LogP contribution in [0.4, 0.5) is 4.39 Å². The second kappa shape index (κ2) is 5.91. The number of hydrogen-bond acceptors (Lipinski definition) is 3. The zero-order valence-corrected chi connectivity index (χ0v) is 10.3. The summed E-state index contributed by atoms with van der Waals surface area (Å²) in [6.07, 6.45) is 4.14. The fraction of sp³-hybridized carbons (Fsp3) is 0.538. The highest BCUT2D eigenvalue weighted by Gasteiger charge is 2.24. The van der Waals surface area contributed by atoms with Crippen LogP contribution in [0.25, 0.3) is 0 Å². The number of halogens is 1. The molecule has 1 unspecified atom stereocenters. The summed E-state index contributed by atoms with van der Waals surface area (Å²) in [5, 5.41) is 0. The van der Waals surface area contributed by atoms with Gasteiger partial charge in [-0.3, -0.25) is 4.79 Å². The van der Waals surface area contributed by atoms with E-state index in [1.807, 2.05) is 0 Å². The first-order valence-corrected chi connectivity index (χ1v) is 6.31. The molecule has 2 rings (SSSR count). The van der Waals surface area contributed by atoms with Crippen molar-refractivity contribution in [1.29, 1.82) is 0 Å². The summed E-state index contributed by atoms with van der Waals surface area (Å²) in [6, 6.07) is 2.70. The monoisotopic (exact) mass is 251 g/mol. The lowest BCUT2D eigenvalue weighted by Crippen LogP contribution is -2.40. The maximum absolute atomic E-state index is 12.8. The molecule has 1 fully saturated rings. The summed E-state index contributed by atoms with van der Waals surface area (Å²) in [4.78, 5) is 17.8. The molecule has 98 valence electrons. The number of likely N-dealkylation sites (tertiary alicyclic amines) is 1. The van der Waals surface area contributed by atoms with Crippen LogP contribution in [0.3, 0.4) is 0 Å². The summed E-state index contributed by atoms with van der Waals surface area (Å²) in [6.45, 7) is 2.13. The minimum Gasteiger partial charge on any atom is -0.337 e. The SMILES string of the molecule is NCCC1CCCN(C(=O)c2ccc(F)cn2)C1. The number of pyridine rings is 1. The van der Waals surface area contributed by atoms with Crippen LogP contribution in [0.2, 0.25) is 0 Å². The van der Waals surface area contributed by atoms with Gasteiger partial charge in [0.25, 0.3) is 5.91 Å². The molecule has 0 bridgehead atoms. The number of aromatic nitrogens is 1. The molecule has 4 nitrogen and oxygen atoms in total. The lowest BCUT2D eigenvalue weighted by Gasteiger charge is -2.32. The van der Waals surface area contributed by atoms with Crippen LogP contribution in [0.15, 0.2) is 18.3 Å². The third kappa shape index (κ3) is 3.04. The maximum atomic E-state index is 12.8. The number of hydrogen-bond donors (Lipinski definition) is 1. The number of nitrogens with two attached hydrogens (primary N) is 1. The predicted molar refractivity (Wildman–Crippen MR) is 66.5 cm³/mol. The first-order valence-electron chi connectivity index (χ1n) is 6.31. The Hall–Kier alpha value is -1.49. The first kappa shape index (κ1) is 13.0. The van der Waals surface area contributed by atoms with Crippen molar-refractivity contribution in [3.8, 4) is 0 Å². The lowest BCUT2D eigenvalue weighted by atomic mass is 9.94. The average Bonchev–Trinajstić information content (AvgIpc) is 2.39. The maximum Gasteiger partial charge on any atom is 0.272 e. The Bertz CT molecular complexity index is 405. The predicted octanol–water partition coefficient (Wildman–Crippen LogP) is 1.42. The van der Waals surface area contributed by atoms with Gasteiger partial charge in [-0.1, -0.05) is 0 Å². The van der Waals surface area contributed by atoms with Gasteiger partial charge in [0.05, 0.1) is 6.20 Å². The number of piperidine rings is 1. The molecule has 0 aromatic carbocycles. The Morgan fingerprint density at radius 2 is 2.39 bits per heavy atom. The van der Waals surface area contributed by atoms with Gasteiger partial charge in [-0.15, -0.1) is 0 Å². The van der Waals surface area contributed by atoms with Gasteiger partial charge < -0.3 is 10.6 Å². The highest BCUT2D eigenvalue weighted by molar-refractivity contribution is 5.92. The standard InChI is InChI=1S/C13H18FN3O/c14-11-3-4-12(16-8-11)13(18)17-7-1-2-10(9-17)5-6-15/h3-4,8,10H,1-2,5-7,9,15H2. The second-order valence-corrected chi connectivity index (χ2v) is 4.70. The van der Waals surface area contributed by atoms with Crippen LogP contribution in [-0.2, 0) is 0 Å². The highest BCUT2D eigenvalue weighted by Crippen LogP contribution is 2.20. The van der Waals surface area contributed by atoms with E-state index in [0.29, 0.717) is 18.2 Å². The highest BCUT2D eigenvalue weighted by atomic mass is 19.1. The molecular weight excluding hydrogens is 233 g/mol. The molecule has 1 aromatic rings. The normalized spacial score (nSPS) is 19.9. The van der Waals surface area contributed by atoms with Crippen molar-refractivity contribution < 1.29 is 9.18 Å². The third-order valence-electron chi connectivity index (χ3n) is 3.33. The van der Waals surface area contributed by atoms with Gasteiger partial charge in [-0.05, 0) is 43.9 Å². The van der Waals surface area contributed by atoms with E-state index in [1.165, 1.54) is 12.1 Å². The van der Waals surface area contributed by atoms with Crippen molar-refractivity contribution in [2.24, 2.45) is 11.7 Å². The average molecular weight is 251 g/mol. The molecule has 0 spiro atoms. The molecule has 0 saturated carbocycles. The van der Waals surface area contributed by atoms with Crippen molar-refractivity contribution in [1.82, 2.24) is 9.88 Å². The molecule has 1 aromatic heterocycles. The van der Waals surface area contributed by atoms with E-state index >= 15 is 0 Å². The van der Waals surface area contributed by atoms with Gasteiger partial charge in [-0.25, -0.2) is 9.37 Å². The topological polar surface area (TPSA) is 59.2 Å². The van der Waals surface area contributed by atoms with Gasteiger partial charge in [0.15, 0.2) is 0 Å². The minimum atomic E-state index is -0.425. The summed E-state index contributed by atoms with van der Waals surface area (Å²) >= 11 is 0. The Labute approximate surface area is 106 Å². The summed E-state index contributed by atoms with van der Waals surface area (Å²) in [7, 11) is 0. The van der Waals surface area contributed by atoms with E-state index in [0.717, 1.165) is 38.5 Å². The smallest absolute Gasteiger partial charge is 0.272 e. The fourth-order valence-corrected chi connectivity index (χ4v) is 2.39. The van der Waals surface area contributed by atoms with E-state index in [1.54, 1.807) is 4.90 Å². The zero-order chi connectivity index (χ0) is 13.0. The van der Waals surface area contributed by atoms with Gasteiger partial charge in [-0.2, -0.15) is 0 Å². The second-order valence-electron chi connectivity index (χ2n) is 4.70. The number of nitrogens with zero attached hydrogens (tertiary/aromatic N) is 2. The van der Waals surface area contributed by atoms with Crippen molar-refractivity contribution in [2.45, 2.75) is 19.3 Å². The van der Waals surface area contributed by atoms with Crippen LogP contribution in [0, 0.1) is 11.7 Å². The van der Waals surface area contributed by atoms with Crippen LogP contribution >= 0.6 is 0 Å². The van der Waals surface area contributed by atoms with E-state index < -0.39 is 5.82 Å². The molecular formula is C13H18FN3O. The first-order chi connectivity index (χ1) is 8.70. The van der Waals surface area contributed by atoms with Crippen molar-refractivity contribution in [3.05, 3.63) is 29.8 Å². The number of carbonyl (C=O) groups excluding carboxylic acids is 1. The molecule has 5 heteroatoms. The molecule has 1 aliphatic heterocycles. The Balaban J connectivity index is 2.02. The van der Waals surface area contributed by atoms with Crippen molar-refractivity contribution in [2.75, 3.05) is 19.6 Å². The molecule has 18 heavy (non-hydrogen) atoms.